The molecule has 1 aromatic heterocycles. The fraction of sp³-hybridized carbons (Fsp3) is 0.769. The molecular weight excluding hydrogens is 214 g/mol. The van der Waals surface area contributed by atoms with Crippen LogP contribution >= 0.6 is 0 Å². The van der Waals surface area contributed by atoms with Gasteiger partial charge >= 0.3 is 0 Å². The van der Waals surface area contributed by atoms with Crippen molar-refractivity contribution in [2.24, 2.45) is 13.0 Å². The van der Waals surface area contributed by atoms with Gasteiger partial charge in [0.2, 0.25) is 0 Å². The van der Waals surface area contributed by atoms with E-state index in [1.807, 2.05) is 11.7 Å². The molecular formula is C13H21N3O. The summed E-state index contributed by atoms with van der Waals surface area (Å²) in [7, 11) is 3.79. The van der Waals surface area contributed by atoms with Crippen molar-refractivity contribution in [2.75, 3.05) is 26.8 Å². The molecule has 0 aromatic carbocycles. The third kappa shape index (κ3) is 2.38. The Morgan fingerprint density at radius 3 is 3.00 bits per heavy atom. The SMILES string of the molecule is COC[C@@H]1CN(CC2CC2)Cc2cn(C)nc21. The van der Waals surface area contributed by atoms with Gasteiger partial charge in [-0.25, -0.2) is 0 Å². The Morgan fingerprint density at radius 1 is 1.47 bits per heavy atom. The molecule has 1 aliphatic carbocycles. The zero-order chi connectivity index (χ0) is 11.8. The number of aromatic nitrogens is 2. The smallest absolute Gasteiger partial charge is 0.0736 e. The van der Waals surface area contributed by atoms with E-state index in [1.54, 1.807) is 7.11 Å². The third-order valence-electron chi connectivity index (χ3n) is 3.78. The third-order valence-corrected chi connectivity index (χ3v) is 3.78. The van der Waals surface area contributed by atoms with E-state index in [0.29, 0.717) is 5.92 Å². The van der Waals surface area contributed by atoms with Gasteiger partial charge in [0.15, 0.2) is 0 Å². The molecule has 4 nitrogen and oxygen atoms in total. The normalized spacial score (nSPS) is 24.9. The Hall–Kier alpha value is -0.870. The second kappa shape index (κ2) is 4.42. The molecule has 17 heavy (non-hydrogen) atoms. The van der Waals surface area contributed by atoms with E-state index in [9.17, 15) is 0 Å². The van der Waals surface area contributed by atoms with Crippen molar-refractivity contribution in [1.29, 1.82) is 0 Å². The number of ether oxygens (including phenoxy) is 1. The van der Waals surface area contributed by atoms with E-state index < -0.39 is 0 Å². The number of hydrogen-bond acceptors (Lipinski definition) is 3. The van der Waals surface area contributed by atoms with Crippen molar-refractivity contribution in [1.82, 2.24) is 14.7 Å². The molecule has 0 bridgehead atoms. The van der Waals surface area contributed by atoms with Crippen molar-refractivity contribution in [3.8, 4) is 0 Å². The van der Waals surface area contributed by atoms with Crippen LogP contribution in [-0.4, -0.2) is 41.5 Å². The molecule has 3 rings (SSSR count). The van der Waals surface area contributed by atoms with E-state index in [-0.39, 0.29) is 0 Å². The van der Waals surface area contributed by atoms with Crippen LogP contribution < -0.4 is 0 Å². The minimum Gasteiger partial charge on any atom is -0.384 e. The average molecular weight is 235 g/mol. The molecule has 2 aliphatic rings. The maximum Gasteiger partial charge on any atom is 0.0736 e. The fourth-order valence-electron chi connectivity index (χ4n) is 2.86. The summed E-state index contributed by atoms with van der Waals surface area (Å²) in [6.45, 7) is 4.22. The van der Waals surface area contributed by atoms with E-state index in [4.69, 9.17) is 4.74 Å². The van der Waals surface area contributed by atoms with Gasteiger partial charge in [0.25, 0.3) is 0 Å². The standard InChI is InChI=1S/C13H21N3O/c1-15-6-11-7-16(5-10-3-4-10)8-12(9-17-2)13(11)14-15/h6,10,12H,3-5,7-9H2,1-2H3/t12-/m0/s1. The Labute approximate surface area is 103 Å². The molecule has 0 amide bonds. The number of nitrogens with zero attached hydrogens (tertiary/aromatic N) is 3. The number of aryl methyl sites for hydroxylation is 1. The van der Waals surface area contributed by atoms with Crippen molar-refractivity contribution in [3.05, 3.63) is 17.5 Å². The van der Waals surface area contributed by atoms with Crippen molar-refractivity contribution >= 4 is 0 Å². The van der Waals surface area contributed by atoms with Crippen LogP contribution in [0.5, 0.6) is 0 Å². The van der Waals surface area contributed by atoms with Gasteiger partial charge in [-0.3, -0.25) is 9.58 Å². The summed E-state index contributed by atoms with van der Waals surface area (Å²) in [5, 5.41) is 4.59. The van der Waals surface area contributed by atoms with Gasteiger partial charge < -0.3 is 4.74 Å². The maximum atomic E-state index is 5.34. The Morgan fingerprint density at radius 2 is 2.29 bits per heavy atom. The van der Waals surface area contributed by atoms with E-state index >= 15 is 0 Å². The van der Waals surface area contributed by atoms with Crippen LogP contribution in [-0.2, 0) is 18.3 Å². The lowest BCUT2D eigenvalue weighted by molar-refractivity contribution is 0.135. The summed E-state index contributed by atoms with van der Waals surface area (Å²) in [5.74, 6) is 1.40. The Balaban J connectivity index is 1.77. The van der Waals surface area contributed by atoms with Crippen LogP contribution in [0.2, 0.25) is 0 Å². The zero-order valence-electron chi connectivity index (χ0n) is 10.7. The van der Waals surface area contributed by atoms with Gasteiger partial charge in [-0.1, -0.05) is 0 Å². The first-order valence-corrected chi connectivity index (χ1v) is 6.50. The number of rotatable bonds is 4. The second-order valence-corrected chi connectivity index (χ2v) is 5.50. The highest BCUT2D eigenvalue weighted by molar-refractivity contribution is 5.24. The van der Waals surface area contributed by atoms with E-state index in [1.165, 1.54) is 30.6 Å². The lowest BCUT2D eigenvalue weighted by Crippen LogP contribution is -2.36. The highest BCUT2D eigenvalue weighted by Crippen LogP contribution is 2.33. The van der Waals surface area contributed by atoms with Crippen LogP contribution in [0.3, 0.4) is 0 Å². The number of methoxy groups -OCH3 is 1. The summed E-state index contributed by atoms with van der Waals surface area (Å²) in [5.41, 5.74) is 2.64. The van der Waals surface area contributed by atoms with Crippen molar-refractivity contribution in [2.45, 2.75) is 25.3 Å². The first-order chi connectivity index (χ1) is 8.26. The molecule has 0 unspecified atom stereocenters. The predicted molar refractivity (Wildman–Crippen MR) is 65.8 cm³/mol. The maximum absolute atomic E-state index is 5.34. The topological polar surface area (TPSA) is 30.3 Å². The molecule has 1 aliphatic heterocycles. The molecule has 1 saturated carbocycles. The van der Waals surface area contributed by atoms with Gasteiger partial charge in [-0.05, 0) is 18.8 Å². The van der Waals surface area contributed by atoms with Gasteiger partial charge in [0.1, 0.15) is 0 Å². The summed E-state index contributed by atoms with van der Waals surface area (Å²) >= 11 is 0. The summed E-state index contributed by atoms with van der Waals surface area (Å²) < 4.78 is 7.28. The molecule has 0 saturated heterocycles. The predicted octanol–water partition coefficient (Wildman–Crippen LogP) is 1.38. The number of fused-ring (bicyclic) bond motifs is 1. The molecule has 1 atom stereocenters. The monoisotopic (exact) mass is 235 g/mol. The van der Waals surface area contributed by atoms with Crippen LogP contribution in [0.4, 0.5) is 0 Å². The second-order valence-electron chi connectivity index (χ2n) is 5.50. The number of hydrogen-bond donors (Lipinski definition) is 0. The minimum atomic E-state index is 0.448. The van der Waals surface area contributed by atoms with E-state index in [2.05, 4.69) is 16.2 Å². The van der Waals surface area contributed by atoms with Gasteiger partial charge in [-0.15, -0.1) is 0 Å². The Kier molecular flexibility index (Phi) is 2.92. The quantitative estimate of drug-likeness (QED) is 0.789. The van der Waals surface area contributed by atoms with Gasteiger partial charge in [0.05, 0.1) is 12.3 Å². The van der Waals surface area contributed by atoms with Crippen LogP contribution in [0, 0.1) is 5.92 Å². The molecule has 0 spiro atoms. The highest BCUT2D eigenvalue weighted by atomic mass is 16.5. The lowest BCUT2D eigenvalue weighted by Gasteiger charge is -2.31. The highest BCUT2D eigenvalue weighted by Gasteiger charge is 2.31. The molecule has 4 heteroatoms. The minimum absolute atomic E-state index is 0.448. The summed E-state index contributed by atoms with van der Waals surface area (Å²) in [6, 6.07) is 0. The van der Waals surface area contributed by atoms with Gasteiger partial charge in [0, 0.05) is 51.5 Å². The fourth-order valence-corrected chi connectivity index (χ4v) is 2.86. The molecule has 1 fully saturated rings. The Bertz CT molecular complexity index is 397. The van der Waals surface area contributed by atoms with Crippen molar-refractivity contribution < 1.29 is 4.74 Å². The van der Waals surface area contributed by atoms with Crippen LogP contribution in [0.15, 0.2) is 6.20 Å². The van der Waals surface area contributed by atoms with E-state index in [0.717, 1.165) is 25.6 Å². The zero-order valence-corrected chi connectivity index (χ0v) is 10.7. The molecule has 0 radical (unpaired) electrons. The summed E-state index contributed by atoms with van der Waals surface area (Å²) in [4.78, 5) is 2.57. The largest absolute Gasteiger partial charge is 0.384 e. The van der Waals surface area contributed by atoms with Crippen molar-refractivity contribution in [3.63, 3.8) is 0 Å². The average Bonchev–Trinajstić information content (AvgIpc) is 2.99. The molecule has 94 valence electrons. The van der Waals surface area contributed by atoms with Crippen LogP contribution in [0.1, 0.15) is 30.0 Å². The molecule has 2 heterocycles. The molecule has 0 N–H and O–H groups in total. The van der Waals surface area contributed by atoms with Gasteiger partial charge in [-0.2, -0.15) is 5.10 Å². The first kappa shape index (κ1) is 11.2. The van der Waals surface area contributed by atoms with Crippen LogP contribution in [0.25, 0.3) is 0 Å². The molecule has 1 aromatic rings. The lowest BCUT2D eigenvalue weighted by atomic mass is 9.97. The summed E-state index contributed by atoms with van der Waals surface area (Å²) in [6.07, 6.45) is 5.01. The first-order valence-electron chi connectivity index (χ1n) is 6.50.